The smallest absolute Gasteiger partial charge is 0.388 e. The van der Waals surface area contributed by atoms with E-state index in [9.17, 15) is 17.6 Å². The molecule has 0 saturated carbocycles. The standard InChI is InChI=1S/C19H19F4N7O/c20-14(21)8-30-17-13(6-26-30)25-7-15(27-17)28-4-2-19(9-28)10-29(11-19)12-1-3-24-16(5-12)31-18(22)23/h1,3,5-7,14,18H,2,4,8-11H2. The molecule has 0 amide bonds. The molecule has 0 atom stereocenters. The van der Waals surface area contributed by atoms with E-state index >= 15 is 0 Å². The highest BCUT2D eigenvalue weighted by molar-refractivity contribution is 5.71. The first-order valence-electron chi connectivity index (χ1n) is 9.78. The number of nitrogens with zero attached hydrogens (tertiary/aromatic N) is 7. The van der Waals surface area contributed by atoms with Gasteiger partial charge in [-0.1, -0.05) is 0 Å². The van der Waals surface area contributed by atoms with Crippen molar-refractivity contribution in [2.24, 2.45) is 5.41 Å². The fraction of sp³-hybridized carbons (Fsp3) is 0.474. The summed E-state index contributed by atoms with van der Waals surface area (Å²) in [5.74, 6) is 0.529. The van der Waals surface area contributed by atoms with Gasteiger partial charge in [0.05, 0.1) is 12.4 Å². The van der Waals surface area contributed by atoms with Crippen molar-refractivity contribution in [2.75, 3.05) is 36.0 Å². The summed E-state index contributed by atoms with van der Waals surface area (Å²) in [6.07, 6.45) is 2.94. The van der Waals surface area contributed by atoms with Gasteiger partial charge in [-0.15, -0.1) is 0 Å². The normalized spacial score (nSPS) is 17.9. The van der Waals surface area contributed by atoms with Gasteiger partial charge in [0.15, 0.2) is 5.65 Å². The zero-order chi connectivity index (χ0) is 21.6. The summed E-state index contributed by atoms with van der Waals surface area (Å²) in [6.45, 7) is -0.389. The molecule has 5 rings (SSSR count). The Kier molecular flexibility index (Phi) is 4.78. The van der Waals surface area contributed by atoms with Crippen molar-refractivity contribution in [1.29, 1.82) is 0 Å². The van der Waals surface area contributed by atoms with Gasteiger partial charge in [0.1, 0.15) is 17.9 Å². The Labute approximate surface area is 174 Å². The molecule has 1 spiro atoms. The molecule has 2 fully saturated rings. The van der Waals surface area contributed by atoms with Crippen molar-refractivity contribution in [3.05, 3.63) is 30.7 Å². The molecule has 2 aliphatic rings. The Morgan fingerprint density at radius 1 is 1.06 bits per heavy atom. The number of halogens is 4. The van der Waals surface area contributed by atoms with Gasteiger partial charge in [-0.2, -0.15) is 13.9 Å². The number of aromatic nitrogens is 5. The Morgan fingerprint density at radius 2 is 1.87 bits per heavy atom. The van der Waals surface area contributed by atoms with E-state index in [0.29, 0.717) is 17.0 Å². The van der Waals surface area contributed by atoms with E-state index in [0.717, 1.165) is 38.3 Å². The second kappa shape index (κ2) is 7.50. The zero-order valence-electron chi connectivity index (χ0n) is 16.3. The van der Waals surface area contributed by atoms with Gasteiger partial charge in [-0.3, -0.25) is 0 Å². The molecule has 0 aromatic carbocycles. The molecular formula is C19H19F4N7O. The van der Waals surface area contributed by atoms with E-state index in [1.54, 1.807) is 12.3 Å². The van der Waals surface area contributed by atoms with Crippen LogP contribution in [0.15, 0.2) is 30.7 Å². The fourth-order valence-electron chi connectivity index (χ4n) is 4.34. The third kappa shape index (κ3) is 3.81. The van der Waals surface area contributed by atoms with E-state index < -0.39 is 19.6 Å². The van der Waals surface area contributed by atoms with Crippen molar-refractivity contribution >= 4 is 22.7 Å². The number of hydrogen-bond donors (Lipinski definition) is 0. The first-order valence-corrected chi connectivity index (χ1v) is 9.78. The molecule has 12 heteroatoms. The lowest BCUT2D eigenvalue weighted by molar-refractivity contribution is -0.0528. The minimum absolute atomic E-state index is 0.0485. The molecule has 0 bridgehead atoms. The number of ether oxygens (including phenoxy) is 1. The molecule has 3 aromatic heterocycles. The minimum atomic E-state index is -2.91. The van der Waals surface area contributed by atoms with Crippen LogP contribution >= 0.6 is 0 Å². The molecule has 0 aliphatic carbocycles. The molecule has 31 heavy (non-hydrogen) atoms. The van der Waals surface area contributed by atoms with E-state index in [2.05, 4.69) is 34.6 Å². The summed E-state index contributed by atoms with van der Waals surface area (Å²) >= 11 is 0. The van der Waals surface area contributed by atoms with Crippen LogP contribution in [0.4, 0.5) is 29.1 Å². The summed E-state index contributed by atoms with van der Waals surface area (Å²) < 4.78 is 55.9. The van der Waals surface area contributed by atoms with Crippen LogP contribution in [0.2, 0.25) is 0 Å². The molecule has 5 heterocycles. The first kappa shape index (κ1) is 19.8. The van der Waals surface area contributed by atoms with Gasteiger partial charge < -0.3 is 14.5 Å². The highest BCUT2D eigenvalue weighted by atomic mass is 19.3. The number of rotatable bonds is 6. The van der Waals surface area contributed by atoms with Gasteiger partial charge in [0.25, 0.3) is 6.43 Å². The molecule has 164 valence electrons. The van der Waals surface area contributed by atoms with Gasteiger partial charge in [0, 0.05) is 49.5 Å². The number of fused-ring (bicyclic) bond motifs is 1. The molecule has 2 aliphatic heterocycles. The molecule has 3 aromatic rings. The summed E-state index contributed by atoms with van der Waals surface area (Å²) in [7, 11) is 0. The summed E-state index contributed by atoms with van der Waals surface area (Å²) in [6, 6.07) is 3.27. The van der Waals surface area contributed by atoms with E-state index in [1.807, 2.05) is 0 Å². The summed E-state index contributed by atoms with van der Waals surface area (Å²) in [4.78, 5) is 16.8. The lowest BCUT2D eigenvalue weighted by Crippen LogP contribution is -2.57. The Bertz CT molecular complexity index is 1090. The average molecular weight is 437 g/mol. The van der Waals surface area contributed by atoms with Crippen LogP contribution in [0.3, 0.4) is 0 Å². The average Bonchev–Trinajstić information content (AvgIpc) is 3.31. The van der Waals surface area contributed by atoms with Gasteiger partial charge in [-0.25, -0.2) is 28.4 Å². The quantitative estimate of drug-likeness (QED) is 0.549. The SMILES string of the molecule is FC(F)Cn1ncc2ncc(N3CCC4(CN(c5ccnc(OC(F)F)c5)C4)C3)nc21. The van der Waals surface area contributed by atoms with Crippen LogP contribution < -0.4 is 14.5 Å². The summed E-state index contributed by atoms with van der Waals surface area (Å²) in [5, 5.41) is 3.95. The van der Waals surface area contributed by atoms with Crippen molar-refractivity contribution in [3.8, 4) is 5.88 Å². The van der Waals surface area contributed by atoms with Gasteiger partial charge >= 0.3 is 6.61 Å². The monoisotopic (exact) mass is 437 g/mol. The van der Waals surface area contributed by atoms with Crippen LogP contribution in [0.1, 0.15) is 6.42 Å². The molecule has 0 N–H and O–H groups in total. The first-order chi connectivity index (χ1) is 14.9. The Morgan fingerprint density at radius 3 is 2.65 bits per heavy atom. The predicted octanol–water partition coefficient (Wildman–Crippen LogP) is 2.80. The second-order valence-electron chi connectivity index (χ2n) is 7.91. The maximum absolute atomic E-state index is 12.8. The third-order valence-corrected chi connectivity index (χ3v) is 5.75. The van der Waals surface area contributed by atoms with Crippen LogP contribution in [0.5, 0.6) is 5.88 Å². The highest BCUT2D eigenvalue weighted by Gasteiger charge is 2.48. The zero-order valence-corrected chi connectivity index (χ0v) is 16.3. The number of anilines is 2. The maximum atomic E-state index is 12.8. The molecule has 8 nitrogen and oxygen atoms in total. The van der Waals surface area contributed by atoms with Crippen LogP contribution in [0.25, 0.3) is 11.2 Å². The largest absolute Gasteiger partial charge is 0.417 e. The fourth-order valence-corrected chi connectivity index (χ4v) is 4.34. The maximum Gasteiger partial charge on any atom is 0.388 e. The Hall–Kier alpha value is -3.18. The van der Waals surface area contributed by atoms with Crippen LogP contribution in [-0.2, 0) is 6.54 Å². The lowest BCUT2D eigenvalue weighted by atomic mass is 9.79. The number of pyridine rings is 1. The highest BCUT2D eigenvalue weighted by Crippen LogP contribution is 2.43. The van der Waals surface area contributed by atoms with E-state index in [-0.39, 0.29) is 11.3 Å². The van der Waals surface area contributed by atoms with Crippen molar-refractivity contribution in [2.45, 2.75) is 26.0 Å². The second-order valence-corrected chi connectivity index (χ2v) is 7.91. The van der Waals surface area contributed by atoms with Crippen LogP contribution in [-0.4, -0.2) is 63.9 Å². The van der Waals surface area contributed by atoms with Gasteiger partial charge in [0.2, 0.25) is 5.88 Å². The third-order valence-electron chi connectivity index (χ3n) is 5.75. The molecule has 0 unspecified atom stereocenters. The number of alkyl halides is 4. The van der Waals surface area contributed by atoms with Crippen molar-refractivity contribution < 1.29 is 22.3 Å². The van der Waals surface area contributed by atoms with Crippen molar-refractivity contribution in [3.63, 3.8) is 0 Å². The molecular weight excluding hydrogens is 418 g/mol. The lowest BCUT2D eigenvalue weighted by Gasteiger charge is -2.49. The van der Waals surface area contributed by atoms with E-state index in [1.165, 1.54) is 23.1 Å². The molecule has 2 saturated heterocycles. The number of hydrogen-bond acceptors (Lipinski definition) is 7. The Balaban J connectivity index is 1.27. The van der Waals surface area contributed by atoms with Crippen molar-refractivity contribution in [1.82, 2.24) is 24.7 Å². The molecule has 0 radical (unpaired) electrons. The topological polar surface area (TPSA) is 72.2 Å². The van der Waals surface area contributed by atoms with Gasteiger partial charge in [-0.05, 0) is 12.5 Å². The summed E-state index contributed by atoms with van der Waals surface area (Å²) in [5.41, 5.74) is 1.66. The predicted molar refractivity (Wildman–Crippen MR) is 104 cm³/mol. The minimum Gasteiger partial charge on any atom is -0.417 e. The van der Waals surface area contributed by atoms with Crippen LogP contribution in [0, 0.1) is 5.41 Å². The van der Waals surface area contributed by atoms with E-state index in [4.69, 9.17) is 0 Å².